The average Bonchev–Trinajstić information content (AvgIpc) is 2.88. The molecule has 0 aliphatic rings. The van der Waals surface area contributed by atoms with Gasteiger partial charge >= 0.3 is 5.97 Å². The SMILES string of the molecule is COc1cc(C(=O)Oc2ccc(/C=N/NC(=S)NCc3ccccc3)cc2)cc(OC)c1OC. The molecule has 0 saturated carbocycles. The number of hydrogen-bond acceptors (Lipinski definition) is 7. The lowest BCUT2D eigenvalue weighted by Gasteiger charge is -2.13. The molecular formula is C25H25N3O5S. The molecule has 8 nitrogen and oxygen atoms in total. The van der Waals surface area contributed by atoms with Crippen molar-refractivity contribution in [1.82, 2.24) is 10.7 Å². The lowest BCUT2D eigenvalue weighted by atomic mass is 10.2. The van der Waals surface area contributed by atoms with E-state index in [2.05, 4.69) is 15.8 Å². The Morgan fingerprint density at radius 3 is 2.18 bits per heavy atom. The highest BCUT2D eigenvalue weighted by Crippen LogP contribution is 2.38. The Balaban J connectivity index is 1.55. The van der Waals surface area contributed by atoms with Gasteiger partial charge in [0.25, 0.3) is 0 Å². The zero-order valence-corrected chi connectivity index (χ0v) is 19.8. The number of rotatable bonds is 9. The molecule has 0 radical (unpaired) electrons. The van der Waals surface area contributed by atoms with Gasteiger partial charge in [0, 0.05) is 6.54 Å². The second-order valence-corrected chi connectivity index (χ2v) is 7.32. The molecule has 0 unspecified atom stereocenters. The third-order valence-corrected chi connectivity index (χ3v) is 4.90. The van der Waals surface area contributed by atoms with Gasteiger partial charge in [-0.15, -0.1) is 0 Å². The predicted molar refractivity (Wildman–Crippen MR) is 134 cm³/mol. The van der Waals surface area contributed by atoms with E-state index in [1.165, 1.54) is 33.5 Å². The minimum Gasteiger partial charge on any atom is -0.493 e. The summed E-state index contributed by atoms with van der Waals surface area (Å²) >= 11 is 5.22. The van der Waals surface area contributed by atoms with Gasteiger partial charge in [-0.05, 0) is 59.7 Å². The second-order valence-electron chi connectivity index (χ2n) is 6.91. The van der Waals surface area contributed by atoms with Gasteiger partial charge in [0.1, 0.15) is 5.75 Å². The quantitative estimate of drug-likeness (QED) is 0.157. The fraction of sp³-hybridized carbons (Fsp3) is 0.160. The first-order chi connectivity index (χ1) is 16.5. The van der Waals surface area contributed by atoms with Crippen LogP contribution in [0, 0.1) is 0 Å². The van der Waals surface area contributed by atoms with Crippen molar-refractivity contribution < 1.29 is 23.7 Å². The lowest BCUT2D eigenvalue weighted by molar-refractivity contribution is 0.0734. The first-order valence-corrected chi connectivity index (χ1v) is 10.7. The highest BCUT2D eigenvalue weighted by atomic mass is 32.1. The summed E-state index contributed by atoms with van der Waals surface area (Å²) in [5, 5.41) is 7.61. The fourth-order valence-corrected chi connectivity index (χ4v) is 3.09. The number of hydrazone groups is 1. The van der Waals surface area contributed by atoms with E-state index < -0.39 is 5.97 Å². The predicted octanol–water partition coefficient (Wildman–Crippen LogP) is 3.93. The van der Waals surface area contributed by atoms with Crippen molar-refractivity contribution in [3.63, 3.8) is 0 Å². The molecule has 3 rings (SSSR count). The number of methoxy groups -OCH3 is 3. The fourth-order valence-electron chi connectivity index (χ4n) is 2.97. The van der Waals surface area contributed by atoms with Crippen molar-refractivity contribution in [2.24, 2.45) is 5.10 Å². The molecule has 0 spiro atoms. The van der Waals surface area contributed by atoms with Crippen molar-refractivity contribution in [2.45, 2.75) is 6.54 Å². The van der Waals surface area contributed by atoms with Crippen molar-refractivity contribution in [2.75, 3.05) is 21.3 Å². The van der Waals surface area contributed by atoms with E-state index in [0.717, 1.165) is 11.1 Å². The zero-order chi connectivity index (χ0) is 24.3. The van der Waals surface area contributed by atoms with Crippen LogP contribution in [0.5, 0.6) is 23.0 Å². The average molecular weight is 480 g/mol. The van der Waals surface area contributed by atoms with Gasteiger partial charge in [-0.2, -0.15) is 5.10 Å². The van der Waals surface area contributed by atoms with E-state index in [0.29, 0.717) is 34.7 Å². The minimum atomic E-state index is -0.558. The van der Waals surface area contributed by atoms with Crippen LogP contribution in [-0.2, 0) is 6.54 Å². The molecule has 0 atom stereocenters. The maximum Gasteiger partial charge on any atom is 0.343 e. The van der Waals surface area contributed by atoms with Crippen molar-refractivity contribution >= 4 is 29.5 Å². The number of nitrogens with one attached hydrogen (secondary N) is 2. The second kappa shape index (κ2) is 12.2. The van der Waals surface area contributed by atoms with Gasteiger partial charge in [-0.25, -0.2) is 4.79 Å². The summed E-state index contributed by atoms with van der Waals surface area (Å²) in [6.45, 7) is 0.605. The van der Waals surface area contributed by atoms with Crippen LogP contribution in [0.2, 0.25) is 0 Å². The molecular weight excluding hydrogens is 454 g/mol. The molecule has 9 heteroatoms. The summed E-state index contributed by atoms with van der Waals surface area (Å²) in [6, 6.07) is 19.9. The summed E-state index contributed by atoms with van der Waals surface area (Å²) < 4.78 is 21.3. The molecule has 0 fully saturated rings. The number of esters is 1. The van der Waals surface area contributed by atoms with Crippen molar-refractivity contribution in [3.05, 3.63) is 83.4 Å². The Kier molecular flexibility index (Phi) is 8.81. The van der Waals surface area contributed by atoms with Crippen LogP contribution >= 0.6 is 12.2 Å². The van der Waals surface area contributed by atoms with E-state index in [1.807, 2.05) is 30.3 Å². The Bertz CT molecular complexity index is 1130. The summed E-state index contributed by atoms with van der Waals surface area (Å²) in [5.41, 5.74) is 4.95. The first-order valence-electron chi connectivity index (χ1n) is 10.3. The third kappa shape index (κ3) is 6.69. The van der Waals surface area contributed by atoms with Crippen molar-refractivity contribution in [3.8, 4) is 23.0 Å². The summed E-state index contributed by atoms with van der Waals surface area (Å²) in [4.78, 5) is 12.6. The maximum absolute atomic E-state index is 12.6. The number of thiocarbonyl (C=S) groups is 1. The van der Waals surface area contributed by atoms with Crippen molar-refractivity contribution in [1.29, 1.82) is 0 Å². The van der Waals surface area contributed by atoms with Gasteiger partial charge in [-0.3, -0.25) is 5.43 Å². The van der Waals surface area contributed by atoms with E-state index in [9.17, 15) is 4.79 Å². The van der Waals surface area contributed by atoms with Crippen LogP contribution in [-0.4, -0.2) is 38.6 Å². The lowest BCUT2D eigenvalue weighted by Crippen LogP contribution is -2.31. The Morgan fingerprint density at radius 1 is 0.941 bits per heavy atom. The highest BCUT2D eigenvalue weighted by molar-refractivity contribution is 7.80. The first kappa shape index (κ1) is 24.5. The number of carbonyl (C=O) groups is 1. The molecule has 34 heavy (non-hydrogen) atoms. The highest BCUT2D eigenvalue weighted by Gasteiger charge is 2.18. The van der Waals surface area contributed by atoms with Gasteiger partial charge in [0.15, 0.2) is 16.6 Å². The molecule has 0 aromatic heterocycles. The van der Waals surface area contributed by atoms with Gasteiger partial charge < -0.3 is 24.3 Å². The molecule has 0 aliphatic heterocycles. The molecule has 176 valence electrons. The van der Waals surface area contributed by atoms with Gasteiger partial charge in [0.2, 0.25) is 5.75 Å². The maximum atomic E-state index is 12.6. The number of ether oxygens (including phenoxy) is 4. The van der Waals surface area contributed by atoms with Crippen LogP contribution in [0.3, 0.4) is 0 Å². The van der Waals surface area contributed by atoms with E-state index in [-0.39, 0.29) is 5.56 Å². The molecule has 2 N–H and O–H groups in total. The van der Waals surface area contributed by atoms with E-state index in [1.54, 1.807) is 30.5 Å². The monoisotopic (exact) mass is 479 g/mol. The smallest absolute Gasteiger partial charge is 0.343 e. The zero-order valence-electron chi connectivity index (χ0n) is 19.0. The molecule has 0 aliphatic carbocycles. The number of benzene rings is 3. The number of hydrogen-bond donors (Lipinski definition) is 2. The normalized spacial score (nSPS) is 10.4. The van der Waals surface area contributed by atoms with Crippen LogP contribution < -0.4 is 29.7 Å². The van der Waals surface area contributed by atoms with E-state index >= 15 is 0 Å². The summed E-state index contributed by atoms with van der Waals surface area (Å²) in [5.74, 6) is 0.947. The Morgan fingerprint density at radius 2 is 1.59 bits per heavy atom. The number of carbonyl (C=O) groups excluding carboxylic acids is 1. The Labute approximate surface area is 203 Å². The summed E-state index contributed by atoms with van der Waals surface area (Å²) in [6.07, 6.45) is 1.61. The van der Waals surface area contributed by atoms with E-state index in [4.69, 9.17) is 31.2 Å². The van der Waals surface area contributed by atoms with Crippen LogP contribution in [0.4, 0.5) is 0 Å². The Hall–Kier alpha value is -4.11. The molecule has 3 aromatic rings. The third-order valence-electron chi connectivity index (χ3n) is 4.67. The molecule has 0 heterocycles. The van der Waals surface area contributed by atoms with Crippen LogP contribution in [0.25, 0.3) is 0 Å². The molecule has 0 saturated heterocycles. The van der Waals surface area contributed by atoms with Gasteiger partial charge in [0.05, 0.1) is 33.1 Å². The standard InChI is InChI=1S/C25H25N3O5S/c1-30-21-13-19(14-22(31-2)23(21)32-3)24(29)33-20-11-9-18(10-12-20)16-27-28-25(34)26-15-17-7-5-4-6-8-17/h4-14,16H,15H2,1-3H3,(H2,26,28,34)/b27-16+. The number of nitrogens with zero attached hydrogens (tertiary/aromatic N) is 1. The van der Waals surface area contributed by atoms with Gasteiger partial charge in [-0.1, -0.05) is 30.3 Å². The molecule has 3 aromatic carbocycles. The summed E-state index contributed by atoms with van der Waals surface area (Å²) in [7, 11) is 4.45. The van der Waals surface area contributed by atoms with Crippen LogP contribution in [0.1, 0.15) is 21.5 Å². The van der Waals surface area contributed by atoms with Crippen LogP contribution in [0.15, 0.2) is 71.8 Å². The molecule has 0 bridgehead atoms. The minimum absolute atomic E-state index is 0.265. The molecule has 0 amide bonds. The largest absolute Gasteiger partial charge is 0.493 e. The topological polar surface area (TPSA) is 90.4 Å².